The zero-order valence-corrected chi connectivity index (χ0v) is 10.3. The van der Waals surface area contributed by atoms with Crippen molar-refractivity contribution in [1.82, 2.24) is 10.6 Å². The number of rotatable bonds is 5. The molecule has 2 rings (SSSR count). The number of hydrogen-bond acceptors (Lipinski definition) is 3. The molecule has 2 aliphatic rings. The van der Waals surface area contributed by atoms with Gasteiger partial charge < -0.3 is 20.5 Å². The summed E-state index contributed by atoms with van der Waals surface area (Å²) in [5.41, 5.74) is 0. The van der Waals surface area contributed by atoms with Gasteiger partial charge in [0.25, 0.3) is 0 Å². The number of aliphatic hydroxyl groups excluding tert-OH is 1. The van der Waals surface area contributed by atoms with E-state index in [9.17, 15) is 9.90 Å². The molecule has 0 spiro atoms. The zero-order chi connectivity index (χ0) is 12.3. The van der Waals surface area contributed by atoms with Crippen LogP contribution in [-0.2, 0) is 4.74 Å². The van der Waals surface area contributed by atoms with Gasteiger partial charge in [-0.15, -0.1) is 0 Å². The number of urea groups is 1. The Morgan fingerprint density at radius 2 is 2.35 bits per heavy atom. The van der Waals surface area contributed by atoms with Crippen LogP contribution in [0.25, 0.3) is 0 Å². The van der Waals surface area contributed by atoms with Crippen LogP contribution in [0.4, 0.5) is 4.79 Å². The van der Waals surface area contributed by atoms with Gasteiger partial charge in [0.1, 0.15) is 0 Å². The fraction of sp³-hybridized carbons (Fsp3) is 0.917. The molecule has 0 aromatic heterocycles. The highest BCUT2D eigenvalue weighted by Crippen LogP contribution is 2.34. The van der Waals surface area contributed by atoms with Crippen LogP contribution in [0, 0.1) is 0 Å². The molecule has 4 atom stereocenters. The lowest BCUT2D eigenvalue weighted by Crippen LogP contribution is -2.46. The molecule has 4 unspecified atom stereocenters. The van der Waals surface area contributed by atoms with Crippen LogP contribution >= 0.6 is 0 Å². The molecule has 3 N–H and O–H groups in total. The molecule has 2 saturated heterocycles. The van der Waals surface area contributed by atoms with Crippen molar-refractivity contribution in [2.24, 2.45) is 0 Å². The van der Waals surface area contributed by atoms with Gasteiger partial charge >= 0.3 is 6.03 Å². The second kappa shape index (κ2) is 5.69. The zero-order valence-electron chi connectivity index (χ0n) is 10.3. The Labute approximate surface area is 102 Å². The highest BCUT2D eigenvalue weighted by molar-refractivity contribution is 5.74. The lowest BCUT2D eigenvalue weighted by Gasteiger charge is -2.20. The second-order valence-corrected chi connectivity index (χ2v) is 4.97. The van der Waals surface area contributed by atoms with E-state index in [0.717, 1.165) is 25.7 Å². The summed E-state index contributed by atoms with van der Waals surface area (Å²) in [7, 11) is 0. The number of nitrogens with one attached hydrogen (secondary N) is 2. The first kappa shape index (κ1) is 12.6. The van der Waals surface area contributed by atoms with Gasteiger partial charge in [0.05, 0.1) is 24.4 Å². The number of aliphatic hydroxyl groups is 1. The van der Waals surface area contributed by atoms with Gasteiger partial charge in [-0.3, -0.25) is 0 Å². The minimum atomic E-state index is -0.318. The summed E-state index contributed by atoms with van der Waals surface area (Å²) in [4.78, 5) is 11.6. The molecule has 2 fully saturated rings. The van der Waals surface area contributed by atoms with E-state index >= 15 is 0 Å². The quantitative estimate of drug-likeness (QED) is 0.667. The Morgan fingerprint density at radius 3 is 2.94 bits per heavy atom. The van der Waals surface area contributed by atoms with E-state index in [1.165, 1.54) is 0 Å². The lowest BCUT2D eigenvalue weighted by molar-refractivity contribution is 0.0980. The Morgan fingerprint density at radius 1 is 1.53 bits per heavy atom. The number of carbonyl (C=O) groups excluding carboxylic acids is 1. The highest BCUT2D eigenvalue weighted by atomic mass is 16.5. The number of carbonyl (C=O) groups is 1. The van der Waals surface area contributed by atoms with Crippen molar-refractivity contribution < 1.29 is 14.6 Å². The molecule has 0 radical (unpaired) electrons. The Hall–Kier alpha value is -0.810. The minimum Gasteiger partial charge on any atom is -0.393 e. The Balaban J connectivity index is 1.61. The second-order valence-electron chi connectivity index (χ2n) is 4.97. The van der Waals surface area contributed by atoms with Crippen molar-refractivity contribution in [2.45, 2.75) is 63.4 Å². The van der Waals surface area contributed by atoms with Crippen molar-refractivity contribution >= 4 is 6.03 Å². The molecule has 2 heterocycles. The lowest BCUT2D eigenvalue weighted by atomic mass is 9.96. The Kier molecular flexibility index (Phi) is 4.23. The first-order valence-electron chi connectivity index (χ1n) is 6.57. The predicted molar refractivity (Wildman–Crippen MR) is 63.7 cm³/mol. The van der Waals surface area contributed by atoms with Crippen molar-refractivity contribution in [3.63, 3.8) is 0 Å². The SMILES string of the molecule is CCC(O)CCNC(=O)NC1CC2CCC1O2. The molecule has 0 aromatic carbocycles. The number of amides is 2. The van der Waals surface area contributed by atoms with Gasteiger partial charge in [-0.25, -0.2) is 4.79 Å². The van der Waals surface area contributed by atoms with Gasteiger partial charge in [0.15, 0.2) is 0 Å². The average molecular weight is 242 g/mol. The minimum absolute atomic E-state index is 0.144. The molecule has 0 saturated carbocycles. The summed E-state index contributed by atoms with van der Waals surface area (Å²) in [5.74, 6) is 0. The van der Waals surface area contributed by atoms with Crippen molar-refractivity contribution in [1.29, 1.82) is 0 Å². The first-order chi connectivity index (χ1) is 8.19. The molecule has 17 heavy (non-hydrogen) atoms. The molecule has 2 bridgehead atoms. The van der Waals surface area contributed by atoms with Crippen LogP contribution < -0.4 is 10.6 Å². The van der Waals surface area contributed by atoms with E-state index in [2.05, 4.69) is 10.6 Å². The third kappa shape index (κ3) is 3.33. The van der Waals surface area contributed by atoms with E-state index in [-0.39, 0.29) is 24.3 Å². The van der Waals surface area contributed by atoms with E-state index in [0.29, 0.717) is 19.1 Å². The standard InChI is InChI=1S/C12H22N2O3/c1-2-8(15)5-6-13-12(16)14-10-7-9-3-4-11(10)17-9/h8-11,15H,2-7H2,1H3,(H2,13,14,16). The maximum Gasteiger partial charge on any atom is 0.315 e. The fourth-order valence-corrected chi connectivity index (χ4v) is 2.57. The van der Waals surface area contributed by atoms with Gasteiger partial charge in [-0.05, 0) is 32.1 Å². The number of hydrogen-bond donors (Lipinski definition) is 3. The van der Waals surface area contributed by atoms with E-state index in [4.69, 9.17) is 4.74 Å². The summed E-state index contributed by atoms with van der Waals surface area (Å²) in [6, 6.07) is 0.0271. The smallest absolute Gasteiger partial charge is 0.315 e. The average Bonchev–Trinajstić information content (AvgIpc) is 2.90. The van der Waals surface area contributed by atoms with Crippen molar-refractivity contribution in [3.05, 3.63) is 0 Å². The highest BCUT2D eigenvalue weighted by Gasteiger charge is 2.41. The molecule has 0 aliphatic carbocycles. The largest absolute Gasteiger partial charge is 0.393 e. The normalized spacial score (nSPS) is 32.5. The number of fused-ring (bicyclic) bond motifs is 2. The first-order valence-corrected chi connectivity index (χ1v) is 6.57. The van der Waals surface area contributed by atoms with Gasteiger partial charge in [-0.2, -0.15) is 0 Å². The Bertz CT molecular complexity index is 272. The predicted octanol–water partition coefficient (Wildman–Crippen LogP) is 0.766. The van der Waals surface area contributed by atoms with Crippen LogP contribution in [0.15, 0.2) is 0 Å². The van der Waals surface area contributed by atoms with E-state index < -0.39 is 0 Å². The van der Waals surface area contributed by atoms with Crippen molar-refractivity contribution in [2.75, 3.05) is 6.54 Å². The molecule has 0 aromatic rings. The van der Waals surface area contributed by atoms with Crippen LogP contribution in [0.2, 0.25) is 0 Å². The molecule has 5 heteroatoms. The topological polar surface area (TPSA) is 70.6 Å². The van der Waals surface area contributed by atoms with Crippen LogP contribution in [0.1, 0.15) is 39.0 Å². The molecule has 2 amide bonds. The van der Waals surface area contributed by atoms with Crippen LogP contribution in [0.3, 0.4) is 0 Å². The summed E-state index contributed by atoms with van der Waals surface area (Å²) in [6.45, 7) is 2.44. The summed E-state index contributed by atoms with van der Waals surface area (Å²) in [5, 5.41) is 15.1. The van der Waals surface area contributed by atoms with Gasteiger partial charge in [-0.1, -0.05) is 6.92 Å². The maximum absolute atomic E-state index is 11.6. The summed E-state index contributed by atoms with van der Waals surface area (Å²) in [6.07, 6.45) is 4.72. The number of ether oxygens (including phenoxy) is 1. The molecular formula is C12H22N2O3. The summed E-state index contributed by atoms with van der Waals surface area (Å²) >= 11 is 0. The maximum atomic E-state index is 11.6. The monoisotopic (exact) mass is 242 g/mol. The van der Waals surface area contributed by atoms with E-state index in [1.807, 2.05) is 6.92 Å². The molecular weight excluding hydrogens is 220 g/mol. The van der Waals surface area contributed by atoms with Gasteiger partial charge in [0.2, 0.25) is 0 Å². The van der Waals surface area contributed by atoms with Crippen LogP contribution in [0.5, 0.6) is 0 Å². The summed E-state index contributed by atoms with van der Waals surface area (Å²) < 4.78 is 5.66. The van der Waals surface area contributed by atoms with Gasteiger partial charge in [0, 0.05) is 6.54 Å². The molecule has 5 nitrogen and oxygen atoms in total. The van der Waals surface area contributed by atoms with E-state index in [1.54, 1.807) is 0 Å². The fourth-order valence-electron chi connectivity index (χ4n) is 2.57. The third-order valence-corrected chi connectivity index (χ3v) is 3.66. The molecule has 2 aliphatic heterocycles. The third-order valence-electron chi connectivity index (χ3n) is 3.66. The molecule has 98 valence electrons. The van der Waals surface area contributed by atoms with Crippen LogP contribution in [-0.4, -0.2) is 42.0 Å². The van der Waals surface area contributed by atoms with Crippen molar-refractivity contribution in [3.8, 4) is 0 Å².